The maximum Gasteiger partial charge on any atom is 0.0697 e. The molecule has 0 aliphatic rings. The van der Waals surface area contributed by atoms with Crippen LogP contribution in [0.2, 0.25) is 0 Å². The van der Waals surface area contributed by atoms with Gasteiger partial charge in [-0.05, 0) is 12.8 Å². The summed E-state index contributed by atoms with van der Waals surface area (Å²) < 4.78 is 0.523. The lowest BCUT2D eigenvalue weighted by molar-refractivity contribution is 0.535. The first-order valence-corrected chi connectivity index (χ1v) is 11.6. The fourth-order valence-electron chi connectivity index (χ4n) is 2.51. The van der Waals surface area contributed by atoms with Gasteiger partial charge >= 0.3 is 0 Å². The van der Waals surface area contributed by atoms with Crippen molar-refractivity contribution in [2.75, 3.05) is 5.33 Å². The second-order valence-electron chi connectivity index (χ2n) is 5.82. The number of hydrogen-bond acceptors (Lipinski definition) is 0. The molecule has 0 saturated carbocycles. The molecular weight excluding hydrogens is 444 g/mol. The molecule has 0 aromatic carbocycles. The maximum absolute atomic E-state index is 3.53. The minimum atomic E-state index is 0.523. The molecule has 0 saturated heterocycles. The molecule has 0 aliphatic carbocycles. The average molecular weight is 477 g/mol. The molecule has 122 valence electrons. The highest BCUT2D eigenvalue weighted by Gasteiger charge is 1.97. The number of hydrogen-bond donors (Lipinski definition) is 0. The summed E-state index contributed by atoms with van der Waals surface area (Å²) in [4.78, 5) is 0. The van der Waals surface area contributed by atoms with E-state index in [1.807, 2.05) is 0 Å². The fraction of sp³-hybridized carbons (Fsp3) is 1.00. The van der Waals surface area contributed by atoms with E-state index in [1.54, 1.807) is 0 Å². The third-order valence-corrected chi connectivity index (χ3v) is 5.28. The molecule has 3 heteroatoms. The molecule has 20 heavy (non-hydrogen) atoms. The van der Waals surface area contributed by atoms with Crippen LogP contribution in [0.3, 0.4) is 0 Å². The van der Waals surface area contributed by atoms with E-state index in [9.17, 15) is 0 Å². The van der Waals surface area contributed by atoms with E-state index in [-0.39, 0.29) is 0 Å². The summed E-state index contributed by atoms with van der Waals surface area (Å²) in [7, 11) is 0. The summed E-state index contributed by atoms with van der Waals surface area (Å²) in [5.41, 5.74) is 0. The van der Waals surface area contributed by atoms with Gasteiger partial charge in [-0.25, -0.2) is 0 Å². The lowest BCUT2D eigenvalue weighted by atomic mass is 10.0. The largest absolute Gasteiger partial charge is 0.0928 e. The molecular formula is C17H33Br3. The molecule has 0 radical (unpaired) electrons. The predicted octanol–water partition coefficient (Wildman–Crippen LogP) is 8.35. The van der Waals surface area contributed by atoms with E-state index in [4.69, 9.17) is 0 Å². The Labute approximate surface area is 152 Å². The van der Waals surface area contributed by atoms with Crippen LogP contribution in [0.1, 0.15) is 96.3 Å². The lowest BCUT2D eigenvalue weighted by Crippen LogP contribution is -1.86. The van der Waals surface area contributed by atoms with Crippen molar-refractivity contribution in [3.05, 3.63) is 0 Å². The van der Waals surface area contributed by atoms with Crippen LogP contribution < -0.4 is 0 Å². The van der Waals surface area contributed by atoms with E-state index >= 15 is 0 Å². The van der Waals surface area contributed by atoms with E-state index in [2.05, 4.69) is 47.8 Å². The SMILES string of the molecule is BrCCCCCCCCCCCCCCCCC(Br)Br. The Hall–Kier alpha value is 1.44. The van der Waals surface area contributed by atoms with Crippen molar-refractivity contribution in [1.82, 2.24) is 0 Å². The van der Waals surface area contributed by atoms with Gasteiger partial charge in [-0.15, -0.1) is 0 Å². The standard InChI is InChI=1S/C17H33Br3/c18-16-14-12-10-8-6-4-2-1-3-5-7-9-11-13-15-17(19)20/h17H,1-16H2. The first-order valence-electron chi connectivity index (χ1n) is 8.61. The number of halogens is 3. The maximum atomic E-state index is 3.53. The van der Waals surface area contributed by atoms with Crippen LogP contribution in [0.5, 0.6) is 0 Å². The first-order chi connectivity index (χ1) is 9.77. The van der Waals surface area contributed by atoms with Crippen LogP contribution in [0.25, 0.3) is 0 Å². The molecule has 0 spiro atoms. The van der Waals surface area contributed by atoms with Gasteiger partial charge < -0.3 is 0 Å². The van der Waals surface area contributed by atoms with Gasteiger partial charge in [0.1, 0.15) is 0 Å². The summed E-state index contributed by atoms with van der Waals surface area (Å²) in [6.45, 7) is 0. The lowest BCUT2D eigenvalue weighted by Gasteiger charge is -2.04. The second-order valence-corrected chi connectivity index (χ2v) is 10.1. The van der Waals surface area contributed by atoms with Crippen molar-refractivity contribution in [2.24, 2.45) is 0 Å². The van der Waals surface area contributed by atoms with E-state index in [0.29, 0.717) is 3.74 Å². The van der Waals surface area contributed by atoms with Crippen molar-refractivity contribution in [2.45, 2.75) is 100 Å². The van der Waals surface area contributed by atoms with E-state index in [1.165, 1.54) is 102 Å². The summed E-state index contributed by atoms with van der Waals surface area (Å²) in [5.74, 6) is 0. The van der Waals surface area contributed by atoms with Crippen LogP contribution >= 0.6 is 47.8 Å². The average Bonchev–Trinajstić information content (AvgIpc) is 2.43. The van der Waals surface area contributed by atoms with E-state index < -0.39 is 0 Å². The third kappa shape index (κ3) is 19.4. The highest BCUT2D eigenvalue weighted by molar-refractivity contribution is 9.24. The Morgan fingerprint density at radius 1 is 0.450 bits per heavy atom. The van der Waals surface area contributed by atoms with Gasteiger partial charge in [0.15, 0.2) is 0 Å². The Bertz CT molecular complexity index is 172. The zero-order valence-corrected chi connectivity index (χ0v) is 17.8. The zero-order valence-electron chi connectivity index (χ0n) is 13.0. The van der Waals surface area contributed by atoms with Gasteiger partial charge in [0.25, 0.3) is 0 Å². The summed E-state index contributed by atoms with van der Waals surface area (Å²) in [5, 5.41) is 1.18. The Balaban J connectivity index is 2.92. The monoisotopic (exact) mass is 474 g/mol. The van der Waals surface area contributed by atoms with E-state index in [0.717, 1.165) is 0 Å². The number of rotatable bonds is 16. The second kappa shape index (κ2) is 18.5. The van der Waals surface area contributed by atoms with Gasteiger partial charge in [0.2, 0.25) is 0 Å². The van der Waals surface area contributed by atoms with Gasteiger partial charge in [0, 0.05) is 5.33 Å². The number of alkyl halides is 3. The quantitative estimate of drug-likeness (QED) is 0.155. The Morgan fingerprint density at radius 2 is 0.750 bits per heavy atom. The molecule has 0 rings (SSSR count). The summed E-state index contributed by atoms with van der Waals surface area (Å²) in [6.07, 6.45) is 21.3. The summed E-state index contributed by atoms with van der Waals surface area (Å²) >= 11 is 10.5. The van der Waals surface area contributed by atoms with Crippen LogP contribution in [0.15, 0.2) is 0 Å². The van der Waals surface area contributed by atoms with Crippen molar-refractivity contribution < 1.29 is 0 Å². The molecule has 0 atom stereocenters. The molecule has 0 unspecified atom stereocenters. The van der Waals surface area contributed by atoms with Crippen LogP contribution in [0.4, 0.5) is 0 Å². The molecule has 0 fully saturated rings. The molecule has 0 aliphatic heterocycles. The molecule has 0 bridgehead atoms. The van der Waals surface area contributed by atoms with Crippen molar-refractivity contribution in [3.8, 4) is 0 Å². The molecule has 0 N–H and O–H groups in total. The molecule has 0 heterocycles. The van der Waals surface area contributed by atoms with Crippen LogP contribution in [0, 0.1) is 0 Å². The topological polar surface area (TPSA) is 0 Å². The molecule has 0 amide bonds. The molecule has 0 aromatic rings. The van der Waals surface area contributed by atoms with Gasteiger partial charge in [-0.2, -0.15) is 0 Å². The smallest absolute Gasteiger partial charge is 0.0697 e. The predicted molar refractivity (Wildman–Crippen MR) is 105 cm³/mol. The van der Waals surface area contributed by atoms with Gasteiger partial charge in [-0.1, -0.05) is 131 Å². The Morgan fingerprint density at radius 3 is 1.05 bits per heavy atom. The van der Waals surface area contributed by atoms with Crippen LogP contribution in [-0.4, -0.2) is 9.07 Å². The molecule has 0 nitrogen and oxygen atoms in total. The first kappa shape index (κ1) is 21.4. The summed E-state index contributed by atoms with van der Waals surface area (Å²) in [6, 6.07) is 0. The van der Waals surface area contributed by atoms with Crippen molar-refractivity contribution in [1.29, 1.82) is 0 Å². The highest BCUT2D eigenvalue weighted by atomic mass is 79.9. The zero-order chi connectivity index (χ0) is 14.9. The third-order valence-electron chi connectivity index (χ3n) is 3.81. The van der Waals surface area contributed by atoms with Gasteiger partial charge in [-0.3, -0.25) is 0 Å². The molecule has 0 aromatic heterocycles. The van der Waals surface area contributed by atoms with Crippen molar-refractivity contribution >= 4 is 47.8 Å². The fourth-order valence-corrected chi connectivity index (χ4v) is 3.56. The highest BCUT2D eigenvalue weighted by Crippen LogP contribution is 2.18. The van der Waals surface area contributed by atoms with Crippen LogP contribution in [-0.2, 0) is 0 Å². The minimum absolute atomic E-state index is 0.523. The Kier molecular flexibility index (Phi) is 19.8. The normalized spacial score (nSPS) is 11.4. The number of unbranched alkanes of at least 4 members (excludes halogenated alkanes) is 13. The van der Waals surface area contributed by atoms with Gasteiger partial charge in [0.05, 0.1) is 3.74 Å². The van der Waals surface area contributed by atoms with Crippen molar-refractivity contribution in [3.63, 3.8) is 0 Å². The minimum Gasteiger partial charge on any atom is -0.0928 e.